The van der Waals surface area contributed by atoms with E-state index in [0.29, 0.717) is 25.1 Å². The van der Waals surface area contributed by atoms with Crippen LogP contribution in [-0.4, -0.2) is 24.7 Å². The SMILES string of the molecule is COC(=O)CC1C=CC(C(=O)CCCCl)=CC1(C)C. The van der Waals surface area contributed by atoms with E-state index in [9.17, 15) is 9.59 Å². The highest BCUT2D eigenvalue weighted by Crippen LogP contribution is 2.37. The number of alkyl halides is 1. The number of allylic oxidation sites excluding steroid dienone is 4. The maximum absolute atomic E-state index is 12.0. The van der Waals surface area contributed by atoms with Gasteiger partial charge in [-0.25, -0.2) is 0 Å². The largest absolute Gasteiger partial charge is 0.469 e. The first-order valence-electron chi connectivity index (χ1n) is 6.47. The third-order valence-corrected chi connectivity index (χ3v) is 3.73. The molecule has 0 N–H and O–H groups in total. The number of methoxy groups -OCH3 is 1. The summed E-state index contributed by atoms with van der Waals surface area (Å²) >= 11 is 5.60. The van der Waals surface area contributed by atoms with Gasteiger partial charge in [0.1, 0.15) is 0 Å². The van der Waals surface area contributed by atoms with E-state index in [-0.39, 0.29) is 23.1 Å². The molecule has 106 valence electrons. The van der Waals surface area contributed by atoms with Gasteiger partial charge < -0.3 is 4.74 Å². The van der Waals surface area contributed by atoms with Crippen molar-refractivity contribution in [3.8, 4) is 0 Å². The molecule has 0 radical (unpaired) electrons. The lowest BCUT2D eigenvalue weighted by atomic mass is 9.72. The molecule has 0 aromatic heterocycles. The normalized spacial score (nSPS) is 20.8. The van der Waals surface area contributed by atoms with E-state index in [0.717, 1.165) is 5.57 Å². The molecule has 0 fully saturated rings. The lowest BCUT2D eigenvalue weighted by molar-refractivity contribution is -0.142. The van der Waals surface area contributed by atoms with Gasteiger partial charge in [0, 0.05) is 17.9 Å². The fraction of sp³-hybridized carbons (Fsp3) is 0.600. The Morgan fingerprint density at radius 2 is 2.11 bits per heavy atom. The summed E-state index contributed by atoms with van der Waals surface area (Å²) in [5.41, 5.74) is 0.491. The Kier molecular flexibility index (Phi) is 5.80. The first-order valence-corrected chi connectivity index (χ1v) is 7.01. The summed E-state index contributed by atoms with van der Waals surface area (Å²) in [6, 6.07) is 0. The minimum Gasteiger partial charge on any atom is -0.469 e. The molecule has 1 aliphatic rings. The Morgan fingerprint density at radius 1 is 1.42 bits per heavy atom. The minimum absolute atomic E-state index is 0.0597. The molecular weight excluding hydrogens is 264 g/mol. The summed E-state index contributed by atoms with van der Waals surface area (Å²) in [6.07, 6.45) is 7.20. The third kappa shape index (κ3) is 4.50. The predicted octanol–water partition coefficient (Wildman–Crippen LogP) is 3.28. The van der Waals surface area contributed by atoms with Crippen molar-refractivity contribution < 1.29 is 14.3 Å². The smallest absolute Gasteiger partial charge is 0.306 e. The Hall–Kier alpha value is -1.09. The molecule has 1 rings (SSSR count). The van der Waals surface area contributed by atoms with Gasteiger partial charge in [0.05, 0.1) is 13.5 Å². The number of halogens is 1. The topological polar surface area (TPSA) is 43.4 Å². The standard InChI is InChI=1S/C15H21ClO3/c1-15(2)10-11(13(17)5-4-8-16)6-7-12(15)9-14(18)19-3/h6-7,10,12H,4-5,8-9H2,1-3H3. The Morgan fingerprint density at radius 3 is 2.63 bits per heavy atom. The number of ketones is 1. The number of hydrogen-bond acceptors (Lipinski definition) is 3. The highest BCUT2D eigenvalue weighted by atomic mass is 35.5. The molecule has 0 saturated carbocycles. The van der Waals surface area contributed by atoms with Crippen molar-refractivity contribution >= 4 is 23.4 Å². The number of ether oxygens (including phenoxy) is 1. The van der Waals surface area contributed by atoms with Gasteiger partial charge in [-0.2, -0.15) is 0 Å². The monoisotopic (exact) mass is 284 g/mol. The molecule has 0 heterocycles. The molecule has 0 aromatic carbocycles. The summed E-state index contributed by atoms with van der Waals surface area (Å²) in [7, 11) is 1.39. The van der Waals surface area contributed by atoms with Gasteiger partial charge in [-0.05, 0) is 17.8 Å². The second-order valence-corrected chi connectivity index (χ2v) is 5.76. The highest BCUT2D eigenvalue weighted by Gasteiger charge is 2.31. The van der Waals surface area contributed by atoms with Crippen LogP contribution in [0.3, 0.4) is 0 Å². The van der Waals surface area contributed by atoms with Crippen LogP contribution in [0.15, 0.2) is 23.8 Å². The third-order valence-electron chi connectivity index (χ3n) is 3.46. The van der Waals surface area contributed by atoms with Crippen LogP contribution in [0.5, 0.6) is 0 Å². The Bertz CT molecular complexity index is 408. The van der Waals surface area contributed by atoms with Crippen LogP contribution < -0.4 is 0 Å². The molecule has 0 bridgehead atoms. The zero-order chi connectivity index (χ0) is 14.5. The molecule has 1 atom stereocenters. The van der Waals surface area contributed by atoms with Crippen molar-refractivity contribution in [2.75, 3.05) is 13.0 Å². The second-order valence-electron chi connectivity index (χ2n) is 5.38. The van der Waals surface area contributed by atoms with Gasteiger partial charge in [0.2, 0.25) is 0 Å². The van der Waals surface area contributed by atoms with Gasteiger partial charge in [-0.1, -0.05) is 32.1 Å². The van der Waals surface area contributed by atoms with Crippen LogP contribution in [0.4, 0.5) is 0 Å². The minimum atomic E-state index is -0.229. The van der Waals surface area contributed by atoms with Crippen LogP contribution in [0.1, 0.15) is 33.1 Å². The van der Waals surface area contributed by atoms with E-state index in [1.54, 1.807) is 0 Å². The summed E-state index contributed by atoms with van der Waals surface area (Å²) in [5.74, 6) is 0.441. The molecule has 1 aliphatic carbocycles. The Labute approximate surface area is 119 Å². The quantitative estimate of drug-likeness (QED) is 0.555. The van der Waals surface area contributed by atoms with E-state index in [4.69, 9.17) is 16.3 Å². The van der Waals surface area contributed by atoms with Crippen molar-refractivity contribution in [2.45, 2.75) is 33.1 Å². The van der Waals surface area contributed by atoms with Crippen LogP contribution >= 0.6 is 11.6 Å². The molecular formula is C15H21ClO3. The van der Waals surface area contributed by atoms with Crippen molar-refractivity contribution in [3.63, 3.8) is 0 Å². The number of hydrogen-bond donors (Lipinski definition) is 0. The summed E-state index contributed by atoms with van der Waals surface area (Å²) in [6.45, 7) is 4.05. The van der Waals surface area contributed by atoms with Crippen molar-refractivity contribution in [2.24, 2.45) is 11.3 Å². The first kappa shape index (κ1) is 16.0. The van der Waals surface area contributed by atoms with E-state index >= 15 is 0 Å². The first-order chi connectivity index (χ1) is 8.90. The summed E-state index contributed by atoms with van der Waals surface area (Å²) in [4.78, 5) is 23.3. The summed E-state index contributed by atoms with van der Waals surface area (Å²) < 4.78 is 4.70. The fourth-order valence-electron chi connectivity index (χ4n) is 2.16. The molecule has 0 spiro atoms. The van der Waals surface area contributed by atoms with Crippen LogP contribution in [0.25, 0.3) is 0 Å². The van der Waals surface area contributed by atoms with E-state index < -0.39 is 0 Å². The Balaban J connectivity index is 2.75. The molecule has 0 aliphatic heterocycles. The second kappa shape index (κ2) is 6.90. The van der Waals surface area contributed by atoms with Gasteiger partial charge >= 0.3 is 5.97 Å². The number of rotatable bonds is 6. The highest BCUT2D eigenvalue weighted by molar-refractivity contribution is 6.18. The predicted molar refractivity (Wildman–Crippen MR) is 76.1 cm³/mol. The average Bonchev–Trinajstić information content (AvgIpc) is 2.37. The molecule has 3 nitrogen and oxygen atoms in total. The lowest BCUT2D eigenvalue weighted by Crippen LogP contribution is -2.27. The number of Topliss-reactive ketones (excluding diaryl/α,β-unsaturated/α-hetero) is 1. The molecule has 0 amide bonds. The van der Waals surface area contributed by atoms with Crippen LogP contribution in [0, 0.1) is 11.3 Å². The summed E-state index contributed by atoms with van der Waals surface area (Å²) in [5, 5.41) is 0. The maximum Gasteiger partial charge on any atom is 0.306 e. The van der Waals surface area contributed by atoms with E-state index in [2.05, 4.69) is 0 Å². The van der Waals surface area contributed by atoms with Gasteiger partial charge in [0.25, 0.3) is 0 Å². The zero-order valence-electron chi connectivity index (χ0n) is 11.7. The van der Waals surface area contributed by atoms with Gasteiger partial charge in [-0.15, -0.1) is 11.6 Å². The van der Waals surface area contributed by atoms with Gasteiger partial charge in [0.15, 0.2) is 5.78 Å². The van der Waals surface area contributed by atoms with E-state index in [1.807, 2.05) is 32.1 Å². The number of carbonyl (C=O) groups is 2. The van der Waals surface area contributed by atoms with Crippen LogP contribution in [0.2, 0.25) is 0 Å². The number of esters is 1. The molecule has 0 aromatic rings. The number of carbonyl (C=O) groups excluding carboxylic acids is 2. The van der Waals surface area contributed by atoms with Crippen molar-refractivity contribution in [1.82, 2.24) is 0 Å². The van der Waals surface area contributed by atoms with Gasteiger partial charge in [-0.3, -0.25) is 9.59 Å². The van der Waals surface area contributed by atoms with Crippen LogP contribution in [-0.2, 0) is 14.3 Å². The van der Waals surface area contributed by atoms with Crippen molar-refractivity contribution in [1.29, 1.82) is 0 Å². The molecule has 4 heteroatoms. The molecule has 0 saturated heterocycles. The van der Waals surface area contributed by atoms with E-state index in [1.165, 1.54) is 7.11 Å². The molecule has 1 unspecified atom stereocenters. The maximum atomic E-state index is 12.0. The lowest BCUT2D eigenvalue weighted by Gasteiger charge is -2.32. The zero-order valence-corrected chi connectivity index (χ0v) is 12.5. The molecule has 19 heavy (non-hydrogen) atoms. The fourth-order valence-corrected chi connectivity index (χ4v) is 2.30. The average molecular weight is 285 g/mol. The van der Waals surface area contributed by atoms with Crippen molar-refractivity contribution in [3.05, 3.63) is 23.8 Å².